The van der Waals surface area contributed by atoms with Crippen molar-refractivity contribution in [3.05, 3.63) is 113 Å². The van der Waals surface area contributed by atoms with Gasteiger partial charge in [-0.3, -0.25) is 29.1 Å². The molecule has 3 unspecified atom stereocenters. The van der Waals surface area contributed by atoms with Crippen LogP contribution in [0.15, 0.2) is 79.0 Å². The van der Waals surface area contributed by atoms with Crippen LogP contribution in [0.1, 0.15) is 185 Å². The summed E-state index contributed by atoms with van der Waals surface area (Å²) in [6, 6.07) is 11.1. The topological polar surface area (TPSA) is 90.9 Å². The molecule has 0 N–H and O–H groups in total. The van der Waals surface area contributed by atoms with E-state index in [-0.39, 0.29) is 46.1 Å². The maximum atomic E-state index is 15.8. The first-order valence-corrected chi connectivity index (χ1v) is 26.8. The summed E-state index contributed by atoms with van der Waals surface area (Å²) in [7, 11) is 0. The summed E-state index contributed by atoms with van der Waals surface area (Å²) in [4.78, 5) is 57.1. The Hall–Kier alpha value is -5.23. The summed E-state index contributed by atoms with van der Waals surface area (Å²) < 4.78 is 51.7. The van der Waals surface area contributed by atoms with Gasteiger partial charge in [-0.05, 0) is 124 Å². The van der Waals surface area contributed by atoms with E-state index in [4.69, 9.17) is 0 Å². The van der Waals surface area contributed by atoms with Crippen molar-refractivity contribution in [2.75, 3.05) is 50.7 Å². The molecule has 406 valence electrons. The van der Waals surface area contributed by atoms with Crippen molar-refractivity contribution >= 4 is 34.9 Å². The quantitative estimate of drug-likeness (QED) is 0.0508. The maximum absolute atomic E-state index is 15.8. The van der Waals surface area contributed by atoms with Crippen LogP contribution in [-0.2, 0) is 9.59 Å². The average Bonchev–Trinajstić information content (AvgIpc) is 3.39. The van der Waals surface area contributed by atoms with Crippen LogP contribution in [0.5, 0.6) is 0 Å². The Balaban J connectivity index is 0.00000113. The lowest BCUT2D eigenvalue weighted by Crippen LogP contribution is -2.49. The second kappa shape index (κ2) is 35.1. The highest BCUT2D eigenvalue weighted by molar-refractivity contribution is 6.04. The number of alkyl halides is 2. The summed E-state index contributed by atoms with van der Waals surface area (Å²) in [5.74, 6) is 0.223. The first kappa shape index (κ1) is 65.8. The van der Waals surface area contributed by atoms with Crippen molar-refractivity contribution in [1.82, 2.24) is 14.8 Å². The smallest absolute Gasteiger partial charge is 0.235 e. The number of benzene rings is 2. The van der Waals surface area contributed by atoms with E-state index in [0.29, 0.717) is 68.3 Å². The fourth-order valence-electron chi connectivity index (χ4n) is 8.40. The van der Waals surface area contributed by atoms with Crippen LogP contribution in [-0.4, -0.2) is 90.7 Å². The summed E-state index contributed by atoms with van der Waals surface area (Å²) in [6.45, 7) is 35.9. The number of aldehydes is 1. The van der Waals surface area contributed by atoms with Crippen LogP contribution in [0.25, 0.3) is 16.7 Å². The molecule has 2 saturated heterocycles. The van der Waals surface area contributed by atoms with Crippen molar-refractivity contribution in [2.24, 2.45) is 17.8 Å². The molecule has 2 aliphatic rings. The van der Waals surface area contributed by atoms with E-state index in [1.165, 1.54) is 24.1 Å². The first-order chi connectivity index (χ1) is 34.7. The van der Waals surface area contributed by atoms with Gasteiger partial charge in [0, 0.05) is 105 Å². The molecule has 5 rings (SSSR count). The highest BCUT2D eigenvalue weighted by Gasteiger charge is 2.27. The van der Waals surface area contributed by atoms with Crippen LogP contribution in [0, 0.1) is 30.5 Å². The van der Waals surface area contributed by atoms with Gasteiger partial charge in [-0.2, -0.15) is 0 Å². The lowest BCUT2D eigenvalue weighted by molar-refractivity contribution is -0.121. The lowest BCUT2D eigenvalue weighted by Gasteiger charge is -2.40. The second-order valence-electron chi connectivity index (χ2n) is 19.1. The maximum Gasteiger partial charge on any atom is 0.235 e. The molecule has 73 heavy (non-hydrogen) atoms. The summed E-state index contributed by atoms with van der Waals surface area (Å²) in [6.07, 6.45) is 12.3. The number of hydrogen-bond acceptors (Lipinski definition) is 8. The number of piperazine rings is 1. The number of halogens is 4. The number of carbonyl (C=O) groups is 4. The summed E-state index contributed by atoms with van der Waals surface area (Å²) >= 11 is 0. The number of carbonyl (C=O) groups excluding carboxylic acids is 4. The largest absolute Gasteiger partial charge is 0.373 e. The summed E-state index contributed by atoms with van der Waals surface area (Å²) in [5.41, 5.74) is 7.80. The van der Waals surface area contributed by atoms with E-state index in [1.54, 1.807) is 26.0 Å². The van der Waals surface area contributed by atoms with E-state index in [0.717, 1.165) is 86.7 Å². The molecule has 12 heteroatoms. The number of Topliss-reactive ketones (excluding diaryl/α,β-unsaturated/α-hetero) is 3. The SMILES string of the molecule is C=C/C(=C\C(F)=C(/C)N1CCC(CN2CCN(c3cc(C=O)c(C(=O)C(C)CC)cc3F)CC2)CC1)c1ccc(-c2cnccc2C(C)CC)c(C)c1.CC.CC(F)F.CCC.CCC(=O)CCC(C)C(C)=O. The Labute approximate surface area is 437 Å². The fourth-order valence-corrected chi connectivity index (χ4v) is 8.40. The highest BCUT2D eigenvalue weighted by Crippen LogP contribution is 2.35. The van der Waals surface area contributed by atoms with Gasteiger partial charge in [0.2, 0.25) is 6.43 Å². The van der Waals surface area contributed by atoms with Gasteiger partial charge in [0.15, 0.2) is 12.1 Å². The molecule has 2 aliphatic heterocycles. The number of rotatable bonds is 19. The molecule has 0 saturated carbocycles. The second-order valence-corrected chi connectivity index (χ2v) is 19.1. The highest BCUT2D eigenvalue weighted by atomic mass is 19.3. The van der Waals surface area contributed by atoms with E-state index in [9.17, 15) is 28.0 Å². The Bertz CT molecular complexity index is 2240. The van der Waals surface area contributed by atoms with Gasteiger partial charge in [0.1, 0.15) is 23.2 Å². The third-order valence-corrected chi connectivity index (χ3v) is 13.5. The van der Waals surface area contributed by atoms with Crippen LogP contribution in [0.3, 0.4) is 0 Å². The third kappa shape index (κ3) is 21.6. The van der Waals surface area contributed by atoms with Gasteiger partial charge in [-0.1, -0.05) is 107 Å². The molecule has 0 bridgehead atoms. The number of hydrogen-bond donors (Lipinski definition) is 0. The van der Waals surface area contributed by atoms with Crippen molar-refractivity contribution in [2.45, 2.75) is 161 Å². The number of aryl methyl sites for hydroxylation is 1. The number of anilines is 1. The van der Waals surface area contributed by atoms with Gasteiger partial charge >= 0.3 is 0 Å². The number of aromatic nitrogens is 1. The number of nitrogens with zero attached hydrogens (tertiary/aromatic N) is 4. The molecule has 8 nitrogen and oxygen atoms in total. The molecule has 0 aliphatic carbocycles. The van der Waals surface area contributed by atoms with E-state index >= 15 is 8.78 Å². The van der Waals surface area contributed by atoms with Crippen LogP contribution < -0.4 is 4.90 Å². The zero-order valence-corrected chi connectivity index (χ0v) is 47.0. The third-order valence-electron chi connectivity index (χ3n) is 13.5. The standard InChI is InChI=1S/C45H56F2N4O2.C9H16O2.C3H8.C2H4F2.C2H6/c1-8-30(4)39-13-16-48-27-41(39)38-12-11-36(23-32(38)6)35(10-3)24-42(46)33(7)50-17-14-34(15-18-50)28-49-19-21-51(22-20-49)44-25-37(29-52)40(26-43(44)47)45(53)31(5)9-2;1-4-9(11)6-5-7(2)8(3)10;1-3-2;1-2(3)4;1-2/h10-13,16,23-27,29-31,34H,3,8-9,14-15,17-22,28H2,1-2,4-7H3;7H,4-6H2,1-3H3;3H2,1-2H3;2H,1H3;1-2H3/b35-24+,42-33-;;;;. The van der Waals surface area contributed by atoms with Gasteiger partial charge in [-0.25, -0.2) is 17.6 Å². The monoisotopic (exact) mass is 1020 g/mol. The lowest BCUT2D eigenvalue weighted by atomic mass is 9.89. The van der Waals surface area contributed by atoms with Gasteiger partial charge in [-0.15, -0.1) is 0 Å². The molecule has 0 spiro atoms. The molecule has 0 radical (unpaired) electrons. The molecule has 3 aromatic rings. The van der Waals surface area contributed by atoms with E-state index in [2.05, 4.69) is 74.2 Å². The number of pyridine rings is 1. The van der Waals surface area contributed by atoms with Crippen molar-refractivity contribution in [1.29, 1.82) is 0 Å². The predicted molar refractivity (Wildman–Crippen MR) is 297 cm³/mol. The Morgan fingerprint density at radius 1 is 0.849 bits per heavy atom. The molecule has 2 aromatic carbocycles. The molecule has 3 atom stereocenters. The minimum absolute atomic E-state index is 0.0468. The minimum atomic E-state index is -2.17. The van der Waals surface area contributed by atoms with Crippen LogP contribution >= 0.6 is 0 Å². The zero-order valence-electron chi connectivity index (χ0n) is 47.0. The van der Waals surface area contributed by atoms with Crippen molar-refractivity contribution in [3.63, 3.8) is 0 Å². The van der Waals surface area contributed by atoms with Crippen LogP contribution in [0.2, 0.25) is 0 Å². The predicted octanol–water partition coefficient (Wildman–Crippen LogP) is 15.7. The number of ketones is 3. The Morgan fingerprint density at radius 2 is 1.45 bits per heavy atom. The Morgan fingerprint density at radius 3 is 1.96 bits per heavy atom. The number of likely N-dealkylation sites (tertiary alicyclic amines) is 1. The Kier molecular flexibility index (Phi) is 31.6. The average molecular weight is 1020 g/mol. The van der Waals surface area contributed by atoms with Gasteiger partial charge in [0.25, 0.3) is 0 Å². The minimum Gasteiger partial charge on any atom is -0.373 e. The first-order valence-electron chi connectivity index (χ1n) is 26.8. The zero-order chi connectivity index (χ0) is 55.4. The molecule has 2 fully saturated rings. The molecule has 0 amide bonds. The normalized spacial score (nSPS) is 15.6. The van der Waals surface area contributed by atoms with Crippen molar-refractivity contribution in [3.8, 4) is 11.1 Å². The number of piperidine rings is 1. The molecular weight excluding hydrogens is 929 g/mol. The summed E-state index contributed by atoms with van der Waals surface area (Å²) in [5, 5.41) is 0. The number of allylic oxidation sites excluding steroid dienone is 5. The van der Waals surface area contributed by atoms with Gasteiger partial charge < -0.3 is 9.80 Å². The molecular formula is C61H90F4N4O4. The molecule has 3 heterocycles. The fraction of sp³-hybridized carbons (Fsp3) is 0.557. The van der Waals surface area contributed by atoms with Crippen molar-refractivity contribution < 1.29 is 36.7 Å². The van der Waals surface area contributed by atoms with Crippen LogP contribution in [0.4, 0.5) is 23.2 Å². The van der Waals surface area contributed by atoms with Gasteiger partial charge in [0.05, 0.1) is 5.69 Å². The molecule has 1 aromatic heterocycles. The van der Waals surface area contributed by atoms with E-state index in [1.807, 2.05) is 64.9 Å². The van der Waals surface area contributed by atoms with E-state index < -0.39 is 12.2 Å².